The van der Waals surface area contributed by atoms with Gasteiger partial charge < -0.3 is 4.74 Å². The molecule has 1 aromatic carbocycles. The molecule has 0 heterocycles. The lowest BCUT2D eigenvalue weighted by molar-refractivity contribution is 0.163. The van der Waals surface area contributed by atoms with E-state index in [9.17, 15) is 8.42 Å². The zero-order valence-electron chi connectivity index (χ0n) is 10.1. The van der Waals surface area contributed by atoms with Gasteiger partial charge in [-0.3, -0.25) is 0 Å². The molecule has 0 fully saturated rings. The molecule has 0 amide bonds. The van der Waals surface area contributed by atoms with Crippen LogP contribution in [-0.4, -0.2) is 27.4 Å². The molecular weight excluding hydrogens is 304 g/mol. The van der Waals surface area contributed by atoms with Gasteiger partial charge in [0.2, 0.25) is 0 Å². The Hall–Kier alpha value is -0.390. The van der Waals surface area contributed by atoms with E-state index in [2.05, 4.69) is 15.9 Å². The van der Waals surface area contributed by atoms with E-state index in [1.807, 2.05) is 32.0 Å². The van der Waals surface area contributed by atoms with Crippen LogP contribution < -0.4 is 0 Å². The van der Waals surface area contributed by atoms with E-state index < -0.39 is 9.84 Å². The topological polar surface area (TPSA) is 43.4 Å². The second kappa shape index (κ2) is 6.52. The first-order valence-electron chi connectivity index (χ1n) is 5.48. The summed E-state index contributed by atoms with van der Waals surface area (Å²) >= 11 is 3.36. The molecule has 17 heavy (non-hydrogen) atoms. The number of rotatable bonds is 6. The van der Waals surface area contributed by atoms with Crippen molar-refractivity contribution in [2.75, 3.05) is 19.0 Å². The van der Waals surface area contributed by atoms with Crippen LogP contribution in [0.15, 0.2) is 22.7 Å². The van der Waals surface area contributed by atoms with Crippen LogP contribution in [0.5, 0.6) is 0 Å². The number of hydrogen-bond acceptors (Lipinski definition) is 3. The molecule has 0 saturated heterocycles. The minimum absolute atomic E-state index is 0.0797. The number of hydrogen-bond donors (Lipinski definition) is 0. The van der Waals surface area contributed by atoms with Crippen LogP contribution in [0.25, 0.3) is 0 Å². The third kappa shape index (κ3) is 5.19. The predicted molar refractivity (Wildman–Crippen MR) is 72.9 cm³/mol. The molecule has 0 N–H and O–H groups in total. The summed E-state index contributed by atoms with van der Waals surface area (Å²) in [6.07, 6.45) is 0. The van der Waals surface area contributed by atoms with Crippen molar-refractivity contribution in [2.24, 2.45) is 0 Å². The monoisotopic (exact) mass is 320 g/mol. The van der Waals surface area contributed by atoms with Gasteiger partial charge in [-0.15, -0.1) is 0 Å². The lowest BCUT2D eigenvalue weighted by Gasteiger charge is -2.08. The van der Waals surface area contributed by atoms with Gasteiger partial charge in [-0.25, -0.2) is 8.42 Å². The standard InChI is InChI=1S/C12H17BrO3S/c1-3-16-6-7-17(14,15)9-11-4-5-12(13)8-10(11)2/h4-5,8H,3,6-7,9H2,1-2H3. The molecule has 0 saturated carbocycles. The maximum absolute atomic E-state index is 11.8. The first-order chi connectivity index (χ1) is 7.94. The molecule has 0 spiro atoms. The Bertz CT molecular complexity index is 469. The van der Waals surface area contributed by atoms with Crippen molar-refractivity contribution in [1.82, 2.24) is 0 Å². The number of ether oxygens (including phenoxy) is 1. The molecule has 0 aliphatic heterocycles. The number of aryl methyl sites for hydroxylation is 1. The Balaban J connectivity index is 2.69. The largest absolute Gasteiger partial charge is 0.381 e. The third-order valence-electron chi connectivity index (χ3n) is 2.42. The number of benzene rings is 1. The molecule has 96 valence electrons. The maximum Gasteiger partial charge on any atom is 0.156 e. The highest BCUT2D eigenvalue weighted by Gasteiger charge is 2.13. The van der Waals surface area contributed by atoms with Crippen molar-refractivity contribution in [3.05, 3.63) is 33.8 Å². The Labute approximate surface area is 111 Å². The van der Waals surface area contributed by atoms with Gasteiger partial charge >= 0.3 is 0 Å². The van der Waals surface area contributed by atoms with Crippen LogP contribution in [0.1, 0.15) is 18.1 Å². The minimum atomic E-state index is -3.08. The zero-order valence-corrected chi connectivity index (χ0v) is 12.5. The van der Waals surface area contributed by atoms with E-state index >= 15 is 0 Å². The molecule has 0 atom stereocenters. The molecule has 5 heteroatoms. The van der Waals surface area contributed by atoms with E-state index in [-0.39, 0.29) is 18.1 Å². The van der Waals surface area contributed by atoms with Gasteiger partial charge in [-0.05, 0) is 37.1 Å². The summed E-state index contributed by atoms with van der Waals surface area (Å²) in [5.74, 6) is 0.162. The number of halogens is 1. The summed E-state index contributed by atoms with van der Waals surface area (Å²) < 4.78 is 29.7. The Kier molecular flexibility index (Phi) is 5.62. The van der Waals surface area contributed by atoms with Gasteiger partial charge in [0.05, 0.1) is 18.1 Å². The first kappa shape index (κ1) is 14.7. The van der Waals surface area contributed by atoms with Crippen molar-refractivity contribution >= 4 is 25.8 Å². The van der Waals surface area contributed by atoms with Crippen molar-refractivity contribution in [3.63, 3.8) is 0 Å². The molecule has 3 nitrogen and oxygen atoms in total. The van der Waals surface area contributed by atoms with Crippen LogP contribution in [0.4, 0.5) is 0 Å². The third-order valence-corrected chi connectivity index (χ3v) is 4.46. The summed E-state index contributed by atoms with van der Waals surface area (Å²) in [6.45, 7) is 4.59. The van der Waals surface area contributed by atoms with E-state index in [4.69, 9.17) is 4.74 Å². The summed E-state index contributed by atoms with van der Waals surface area (Å²) in [6, 6.07) is 5.63. The molecule has 0 bridgehead atoms. The van der Waals surface area contributed by atoms with Gasteiger partial charge in [-0.2, -0.15) is 0 Å². The highest BCUT2D eigenvalue weighted by Crippen LogP contribution is 2.18. The van der Waals surface area contributed by atoms with Crippen molar-refractivity contribution in [3.8, 4) is 0 Å². The average Bonchev–Trinajstić information content (AvgIpc) is 2.22. The van der Waals surface area contributed by atoms with Crippen LogP contribution in [-0.2, 0) is 20.3 Å². The van der Waals surface area contributed by atoms with Crippen molar-refractivity contribution < 1.29 is 13.2 Å². The Morgan fingerprint density at radius 2 is 2.06 bits per heavy atom. The van der Waals surface area contributed by atoms with Crippen LogP contribution in [0, 0.1) is 6.92 Å². The van der Waals surface area contributed by atoms with Crippen LogP contribution in [0.2, 0.25) is 0 Å². The fourth-order valence-electron chi connectivity index (χ4n) is 1.46. The lowest BCUT2D eigenvalue weighted by Crippen LogP contribution is -2.14. The van der Waals surface area contributed by atoms with E-state index in [0.29, 0.717) is 6.61 Å². The molecule has 1 rings (SSSR count). The highest BCUT2D eigenvalue weighted by molar-refractivity contribution is 9.10. The van der Waals surface area contributed by atoms with Gasteiger partial charge in [0.15, 0.2) is 9.84 Å². The molecular formula is C12H17BrO3S. The van der Waals surface area contributed by atoms with Gasteiger partial charge in [0.1, 0.15) is 0 Å². The predicted octanol–water partition coefficient (Wildman–Crippen LogP) is 2.71. The van der Waals surface area contributed by atoms with E-state index in [0.717, 1.165) is 15.6 Å². The summed E-state index contributed by atoms with van der Waals surface area (Å²) in [7, 11) is -3.08. The molecule has 1 aromatic rings. The Morgan fingerprint density at radius 1 is 1.35 bits per heavy atom. The number of sulfone groups is 1. The van der Waals surface area contributed by atoms with E-state index in [1.54, 1.807) is 0 Å². The summed E-state index contributed by atoms with van der Waals surface area (Å²) in [4.78, 5) is 0. The SMILES string of the molecule is CCOCCS(=O)(=O)Cc1ccc(Br)cc1C. The average molecular weight is 321 g/mol. The zero-order chi connectivity index (χ0) is 12.9. The summed E-state index contributed by atoms with van der Waals surface area (Å²) in [5, 5.41) is 0. The van der Waals surface area contributed by atoms with E-state index in [1.165, 1.54) is 0 Å². The fraction of sp³-hybridized carbons (Fsp3) is 0.500. The Morgan fingerprint density at radius 3 is 2.65 bits per heavy atom. The smallest absolute Gasteiger partial charge is 0.156 e. The normalized spacial score (nSPS) is 11.7. The summed E-state index contributed by atoms with van der Waals surface area (Å²) in [5.41, 5.74) is 1.84. The minimum Gasteiger partial charge on any atom is -0.381 e. The second-order valence-corrected chi connectivity index (χ2v) is 6.96. The van der Waals surface area contributed by atoms with Gasteiger partial charge in [-0.1, -0.05) is 22.0 Å². The second-order valence-electron chi connectivity index (χ2n) is 3.86. The molecule has 0 radical (unpaired) electrons. The van der Waals surface area contributed by atoms with Crippen LogP contribution in [0.3, 0.4) is 0 Å². The first-order valence-corrected chi connectivity index (χ1v) is 8.09. The maximum atomic E-state index is 11.8. The molecule has 0 aromatic heterocycles. The van der Waals surface area contributed by atoms with Crippen molar-refractivity contribution in [2.45, 2.75) is 19.6 Å². The fourth-order valence-corrected chi connectivity index (χ4v) is 3.25. The lowest BCUT2D eigenvalue weighted by atomic mass is 10.1. The highest BCUT2D eigenvalue weighted by atomic mass is 79.9. The van der Waals surface area contributed by atoms with Crippen LogP contribution >= 0.6 is 15.9 Å². The molecule has 0 aliphatic rings. The molecule has 0 unspecified atom stereocenters. The van der Waals surface area contributed by atoms with Crippen molar-refractivity contribution in [1.29, 1.82) is 0 Å². The van der Waals surface area contributed by atoms with Gasteiger partial charge in [0.25, 0.3) is 0 Å². The molecule has 0 aliphatic carbocycles. The van der Waals surface area contributed by atoms with Gasteiger partial charge in [0, 0.05) is 11.1 Å². The quantitative estimate of drug-likeness (QED) is 0.757.